The Hall–Kier alpha value is 0.130. The van der Waals surface area contributed by atoms with E-state index in [2.05, 4.69) is 32.7 Å². The molecule has 2 aliphatic rings. The molecular weight excluding hydrogens is 167 g/mol. The van der Waals surface area contributed by atoms with Crippen LogP contribution in [-0.4, -0.2) is 12.3 Å². The van der Waals surface area contributed by atoms with Crippen molar-refractivity contribution in [1.82, 2.24) is 0 Å². The van der Waals surface area contributed by atoms with Crippen LogP contribution in [-0.2, 0) is 4.52 Å². The first-order valence-electron chi connectivity index (χ1n) is 4.63. The maximum atomic E-state index is 5.75. The molecule has 2 rings (SSSR count). The second-order valence-electron chi connectivity index (χ2n) is 4.56. The van der Waals surface area contributed by atoms with Crippen LogP contribution >= 0.6 is 8.81 Å². The SMILES string of the molecule is CPOC1(C)C=C[C@@]2(C)C[C@H]2C1. The Bertz CT molecular complexity index is 226. The first-order valence-corrected chi connectivity index (χ1v) is 6.04. The summed E-state index contributed by atoms with van der Waals surface area (Å²) >= 11 is 0. The quantitative estimate of drug-likeness (QED) is 0.473. The molecule has 4 atom stereocenters. The first-order chi connectivity index (χ1) is 5.58. The minimum atomic E-state index is 0.0495. The van der Waals surface area contributed by atoms with Crippen molar-refractivity contribution in [2.24, 2.45) is 11.3 Å². The molecule has 0 radical (unpaired) electrons. The smallest absolute Gasteiger partial charge is 0.0876 e. The fourth-order valence-corrected chi connectivity index (χ4v) is 2.83. The molecule has 0 saturated heterocycles. The Morgan fingerprint density at radius 2 is 2.08 bits per heavy atom. The van der Waals surface area contributed by atoms with Gasteiger partial charge < -0.3 is 4.52 Å². The van der Waals surface area contributed by atoms with Gasteiger partial charge in [0.2, 0.25) is 0 Å². The van der Waals surface area contributed by atoms with E-state index < -0.39 is 0 Å². The monoisotopic (exact) mass is 184 g/mol. The summed E-state index contributed by atoms with van der Waals surface area (Å²) in [6, 6.07) is 0. The van der Waals surface area contributed by atoms with E-state index in [-0.39, 0.29) is 5.60 Å². The van der Waals surface area contributed by atoms with E-state index in [4.69, 9.17) is 4.52 Å². The Labute approximate surface area is 76.4 Å². The van der Waals surface area contributed by atoms with Crippen LogP contribution in [0.4, 0.5) is 0 Å². The van der Waals surface area contributed by atoms with E-state index in [1.807, 2.05) is 0 Å². The lowest BCUT2D eigenvalue weighted by Crippen LogP contribution is -2.27. The second kappa shape index (κ2) is 2.56. The Balaban J connectivity index is 2.09. The largest absolute Gasteiger partial charge is 0.353 e. The maximum Gasteiger partial charge on any atom is 0.0876 e. The van der Waals surface area contributed by atoms with Gasteiger partial charge in [-0.2, -0.15) is 0 Å². The molecule has 0 heterocycles. The van der Waals surface area contributed by atoms with Crippen molar-refractivity contribution in [3.63, 3.8) is 0 Å². The average Bonchev–Trinajstić information content (AvgIpc) is 2.61. The summed E-state index contributed by atoms with van der Waals surface area (Å²) < 4.78 is 5.75. The van der Waals surface area contributed by atoms with Crippen molar-refractivity contribution < 1.29 is 4.52 Å². The Kier molecular flexibility index (Phi) is 1.86. The predicted octanol–water partition coefficient (Wildman–Crippen LogP) is 2.97. The highest BCUT2D eigenvalue weighted by atomic mass is 31.1. The van der Waals surface area contributed by atoms with Crippen LogP contribution in [0.1, 0.15) is 26.7 Å². The molecule has 2 aliphatic carbocycles. The van der Waals surface area contributed by atoms with Crippen LogP contribution in [0.3, 0.4) is 0 Å². The van der Waals surface area contributed by atoms with Crippen LogP contribution in [0, 0.1) is 11.3 Å². The first kappa shape index (κ1) is 8.72. The van der Waals surface area contributed by atoms with E-state index in [9.17, 15) is 0 Å². The van der Waals surface area contributed by atoms with Gasteiger partial charge in [-0.05, 0) is 37.8 Å². The predicted molar refractivity (Wildman–Crippen MR) is 53.7 cm³/mol. The Morgan fingerprint density at radius 1 is 1.33 bits per heavy atom. The molecule has 1 fully saturated rings. The summed E-state index contributed by atoms with van der Waals surface area (Å²) in [5.74, 6) is 0.892. The van der Waals surface area contributed by atoms with Gasteiger partial charge in [-0.25, -0.2) is 0 Å². The zero-order valence-electron chi connectivity index (χ0n) is 8.05. The van der Waals surface area contributed by atoms with Gasteiger partial charge in [-0.3, -0.25) is 0 Å². The molecule has 1 nitrogen and oxygen atoms in total. The summed E-state index contributed by atoms with van der Waals surface area (Å²) in [7, 11) is 0.607. The van der Waals surface area contributed by atoms with Crippen LogP contribution < -0.4 is 0 Å². The van der Waals surface area contributed by atoms with Crippen molar-refractivity contribution in [3.05, 3.63) is 12.2 Å². The molecule has 0 aromatic carbocycles. The van der Waals surface area contributed by atoms with E-state index in [0.29, 0.717) is 14.2 Å². The standard InChI is InChI=1S/C10H17OP/c1-9-4-5-10(2,11-12-3)7-8(9)6-9/h4-5,8,12H,6-7H2,1-3H3/t8-,9-,10?/m0/s1. The molecule has 68 valence electrons. The van der Waals surface area contributed by atoms with E-state index in [1.165, 1.54) is 12.8 Å². The number of allylic oxidation sites excluding steroid dienone is 1. The fourth-order valence-electron chi connectivity index (χ4n) is 2.21. The molecule has 0 amide bonds. The summed E-state index contributed by atoms with van der Waals surface area (Å²) in [5.41, 5.74) is 0.591. The van der Waals surface area contributed by atoms with Gasteiger partial charge in [0.15, 0.2) is 0 Å². The number of hydrogen-bond acceptors (Lipinski definition) is 1. The highest BCUT2D eigenvalue weighted by Crippen LogP contribution is 2.60. The molecule has 0 bridgehead atoms. The molecule has 1 saturated carbocycles. The lowest BCUT2D eigenvalue weighted by molar-refractivity contribution is 0.136. The molecule has 0 aromatic rings. The zero-order chi connectivity index (χ0) is 8.82. The van der Waals surface area contributed by atoms with Crippen molar-refractivity contribution in [3.8, 4) is 0 Å². The van der Waals surface area contributed by atoms with Gasteiger partial charge in [-0.15, -0.1) is 0 Å². The molecular formula is C10H17OP. The van der Waals surface area contributed by atoms with Crippen LogP contribution in [0.2, 0.25) is 0 Å². The van der Waals surface area contributed by atoms with Crippen molar-refractivity contribution in [2.75, 3.05) is 6.66 Å². The molecule has 0 spiro atoms. The molecule has 12 heavy (non-hydrogen) atoms. The normalized spacial score (nSPS) is 51.4. The zero-order valence-corrected chi connectivity index (χ0v) is 9.05. The van der Waals surface area contributed by atoms with Crippen LogP contribution in [0.15, 0.2) is 12.2 Å². The molecule has 2 heteroatoms. The fraction of sp³-hybridized carbons (Fsp3) is 0.800. The second-order valence-corrected chi connectivity index (χ2v) is 5.18. The number of fused-ring (bicyclic) bond motifs is 1. The van der Waals surface area contributed by atoms with E-state index in [1.54, 1.807) is 0 Å². The number of rotatable bonds is 2. The molecule has 2 unspecified atom stereocenters. The van der Waals surface area contributed by atoms with Crippen LogP contribution in [0.5, 0.6) is 0 Å². The molecule has 0 aromatic heterocycles. The third kappa shape index (κ3) is 1.34. The van der Waals surface area contributed by atoms with Gasteiger partial charge in [-0.1, -0.05) is 19.1 Å². The van der Waals surface area contributed by atoms with Crippen molar-refractivity contribution in [1.29, 1.82) is 0 Å². The lowest BCUT2D eigenvalue weighted by Gasteiger charge is -2.30. The third-order valence-corrected chi connectivity index (χ3v) is 3.93. The highest BCUT2D eigenvalue weighted by Gasteiger charge is 2.53. The lowest BCUT2D eigenvalue weighted by atomic mass is 9.87. The van der Waals surface area contributed by atoms with E-state index >= 15 is 0 Å². The minimum absolute atomic E-state index is 0.0495. The molecule has 0 aliphatic heterocycles. The van der Waals surface area contributed by atoms with Gasteiger partial charge in [0, 0.05) is 8.81 Å². The van der Waals surface area contributed by atoms with Crippen LogP contribution in [0.25, 0.3) is 0 Å². The summed E-state index contributed by atoms with van der Waals surface area (Å²) in [6.07, 6.45) is 7.23. The van der Waals surface area contributed by atoms with Gasteiger partial charge >= 0.3 is 0 Å². The van der Waals surface area contributed by atoms with Crippen molar-refractivity contribution in [2.45, 2.75) is 32.3 Å². The van der Waals surface area contributed by atoms with E-state index in [0.717, 1.165) is 5.92 Å². The van der Waals surface area contributed by atoms with Crippen molar-refractivity contribution >= 4 is 8.81 Å². The summed E-state index contributed by atoms with van der Waals surface area (Å²) in [4.78, 5) is 0. The average molecular weight is 184 g/mol. The maximum absolute atomic E-state index is 5.75. The van der Waals surface area contributed by atoms with Gasteiger partial charge in [0.05, 0.1) is 5.60 Å². The Morgan fingerprint density at radius 3 is 2.67 bits per heavy atom. The highest BCUT2D eigenvalue weighted by molar-refractivity contribution is 7.31. The summed E-state index contributed by atoms with van der Waals surface area (Å²) in [6.45, 7) is 6.65. The topological polar surface area (TPSA) is 9.23 Å². The third-order valence-electron chi connectivity index (χ3n) is 3.26. The minimum Gasteiger partial charge on any atom is -0.353 e. The summed E-state index contributed by atoms with van der Waals surface area (Å²) in [5, 5.41) is 0. The molecule has 0 N–H and O–H groups in total. The van der Waals surface area contributed by atoms with Gasteiger partial charge in [0.25, 0.3) is 0 Å². The van der Waals surface area contributed by atoms with Gasteiger partial charge in [0.1, 0.15) is 0 Å². The number of hydrogen-bond donors (Lipinski definition) is 0.